The Kier molecular flexibility index (Phi) is 7.11. The fourth-order valence-electron chi connectivity index (χ4n) is 3.68. The molecule has 33 heavy (non-hydrogen) atoms. The number of ether oxygens (including phenoxy) is 1. The highest BCUT2D eigenvalue weighted by molar-refractivity contribution is 7.22. The van der Waals surface area contributed by atoms with Crippen LogP contribution in [0.4, 0.5) is 13.9 Å². The van der Waals surface area contributed by atoms with Gasteiger partial charge in [-0.3, -0.25) is 24.0 Å². The first-order chi connectivity index (χ1) is 15.8. The molecule has 1 amide bonds. The lowest BCUT2D eigenvalue weighted by atomic mass is 10.2. The van der Waals surface area contributed by atoms with Crippen molar-refractivity contribution in [3.63, 3.8) is 0 Å². The Bertz CT molecular complexity index is 1220. The number of benzene rings is 1. The van der Waals surface area contributed by atoms with Gasteiger partial charge in [0.2, 0.25) is 5.91 Å². The van der Waals surface area contributed by atoms with Crippen LogP contribution in [0.15, 0.2) is 23.3 Å². The number of nitrogens with zero attached hydrogens (tertiary/aromatic N) is 5. The molecule has 1 aliphatic rings. The lowest BCUT2D eigenvalue weighted by Gasteiger charge is -2.27. The molecular formula is C22H25F2N5O3S. The predicted octanol–water partition coefficient (Wildman–Crippen LogP) is 2.50. The average molecular weight is 478 g/mol. The second-order valence-electron chi connectivity index (χ2n) is 7.97. The minimum absolute atomic E-state index is 0.0207. The Morgan fingerprint density at radius 1 is 1.24 bits per heavy atom. The first kappa shape index (κ1) is 23.4. The SMILES string of the molecule is Cc1ncn(CC(=O)N(CCCN2CCOCC2)c2nc3c(F)cc(F)cc3s2)c(=O)c1C. The molecule has 11 heteroatoms. The molecule has 8 nitrogen and oxygen atoms in total. The third kappa shape index (κ3) is 5.26. The van der Waals surface area contributed by atoms with Crippen molar-refractivity contribution in [2.75, 3.05) is 44.3 Å². The summed E-state index contributed by atoms with van der Waals surface area (Å²) in [5.74, 6) is -1.85. The summed E-state index contributed by atoms with van der Waals surface area (Å²) in [4.78, 5) is 38.0. The number of amides is 1. The highest BCUT2D eigenvalue weighted by Gasteiger charge is 2.23. The first-order valence-electron chi connectivity index (χ1n) is 10.7. The molecule has 3 heterocycles. The molecule has 4 rings (SSSR count). The molecule has 0 bridgehead atoms. The van der Waals surface area contributed by atoms with Crippen molar-refractivity contribution < 1.29 is 18.3 Å². The summed E-state index contributed by atoms with van der Waals surface area (Å²) in [6, 6.07) is 1.98. The molecule has 0 N–H and O–H groups in total. The van der Waals surface area contributed by atoms with Crippen molar-refractivity contribution in [3.8, 4) is 0 Å². The number of carbonyl (C=O) groups excluding carboxylic acids is 1. The van der Waals surface area contributed by atoms with E-state index >= 15 is 0 Å². The van der Waals surface area contributed by atoms with Gasteiger partial charge in [0.05, 0.1) is 24.2 Å². The molecule has 0 unspecified atom stereocenters. The van der Waals surface area contributed by atoms with Crippen molar-refractivity contribution >= 4 is 32.6 Å². The zero-order valence-electron chi connectivity index (χ0n) is 18.5. The lowest BCUT2D eigenvalue weighted by Crippen LogP contribution is -2.41. The van der Waals surface area contributed by atoms with E-state index in [4.69, 9.17) is 4.74 Å². The molecule has 1 saturated heterocycles. The molecule has 1 fully saturated rings. The van der Waals surface area contributed by atoms with Crippen LogP contribution in [0, 0.1) is 25.5 Å². The van der Waals surface area contributed by atoms with Gasteiger partial charge >= 0.3 is 0 Å². The predicted molar refractivity (Wildman–Crippen MR) is 122 cm³/mol. The van der Waals surface area contributed by atoms with E-state index in [0.717, 1.165) is 37.0 Å². The Balaban J connectivity index is 1.59. The summed E-state index contributed by atoms with van der Waals surface area (Å²) >= 11 is 1.05. The third-order valence-electron chi connectivity index (χ3n) is 5.71. The number of aromatic nitrogens is 3. The zero-order chi connectivity index (χ0) is 23.5. The maximum atomic E-state index is 14.2. The highest BCUT2D eigenvalue weighted by Crippen LogP contribution is 2.31. The van der Waals surface area contributed by atoms with E-state index in [2.05, 4.69) is 14.9 Å². The van der Waals surface area contributed by atoms with Crippen LogP contribution in [0.2, 0.25) is 0 Å². The zero-order valence-corrected chi connectivity index (χ0v) is 19.3. The lowest BCUT2D eigenvalue weighted by molar-refractivity contribution is -0.119. The van der Waals surface area contributed by atoms with Gasteiger partial charge in [0.1, 0.15) is 17.9 Å². The van der Waals surface area contributed by atoms with Crippen LogP contribution in [-0.4, -0.2) is 64.7 Å². The number of halogens is 2. The number of carbonyl (C=O) groups is 1. The van der Waals surface area contributed by atoms with Crippen molar-refractivity contribution in [2.24, 2.45) is 0 Å². The van der Waals surface area contributed by atoms with Gasteiger partial charge in [0, 0.05) is 43.5 Å². The van der Waals surface area contributed by atoms with E-state index in [1.54, 1.807) is 13.8 Å². The Morgan fingerprint density at radius 3 is 2.76 bits per heavy atom. The minimum atomic E-state index is -0.775. The molecular weight excluding hydrogens is 452 g/mol. The first-order valence-corrected chi connectivity index (χ1v) is 11.5. The van der Waals surface area contributed by atoms with Crippen LogP contribution < -0.4 is 10.5 Å². The smallest absolute Gasteiger partial charge is 0.256 e. The molecule has 1 aliphatic heterocycles. The molecule has 2 aromatic heterocycles. The fraction of sp³-hybridized carbons (Fsp3) is 0.455. The van der Waals surface area contributed by atoms with Crippen LogP contribution in [0.5, 0.6) is 0 Å². The van der Waals surface area contributed by atoms with Crippen molar-refractivity contribution in [2.45, 2.75) is 26.8 Å². The molecule has 0 atom stereocenters. The quantitative estimate of drug-likeness (QED) is 0.520. The van der Waals surface area contributed by atoms with Gasteiger partial charge in [-0.25, -0.2) is 18.7 Å². The van der Waals surface area contributed by atoms with Gasteiger partial charge in [-0.2, -0.15) is 0 Å². The number of fused-ring (bicyclic) bond motifs is 1. The molecule has 0 saturated carbocycles. The normalized spacial score (nSPS) is 14.7. The van der Waals surface area contributed by atoms with Gasteiger partial charge < -0.3 is 4.74 Å². The van der Waals surface area contributed by atoms with E-state index in [9.17, 15) is 18.4 Å². The van der Waals surface area contributed by atoms with Crippen LogP contribution in [0.3, 0.4) is 0 Å². The molecule has 1 aromatic carbocycles. The number of hydrogen-bond donors (Lipinski definition) is 0. The Labute approximate surface area is 193 Å². The number of aryl methyl sites for hydroxylation is 1. The standard InChI is InChI=1S/C22H25F2N5O3S/c1-14-15(2)25-13-28(21(14)31)12-19(30)29(5-3-4-27-6-8-32-9-7-27)22-26-20-17(24)10-16(23)11-18(20)33-22/h10-11,13H,3-9,12H2,1-2H3. The Morgan fingerprint density at radius 2 is 2.00 bits per heavy atom. The highest BCUT2D eigenvalue weighted by atomic mass is 32.1. The van der Waals surface area contributed by atoms with Crippen molar-refractivity contribution in [1.82, 2.24) is 19.4 Å². The maximum Gasteiger partial charge on any atom is 0.256 e. The number of thiazole rings is 1. The molecule has 0 radical (unpaired) electrons. The molecule has 0 aliphatic carbocycles. The van der Waals surface area contributed by atoms with Crippen LogP contribution in [0.25, 0.3) is 10.2 Å². The van der Waals surface area contributed by atoms with E-state index in [1.807, 2.05) is 0 Å². The number of morpholine rings is 1. The second-order valence-corrected chi connectivity index (χ2v) is 8.98. The van der Waals surface area contributed by atoms with Gasteiger partial charge in [-0.15, -0.1) is 0 Å². The van der Waals surface area contributed by atoms with Crippen LogP contribution in [0.1, 0.15) is 17.7 Å². The van der Waals surface area contributed by atoms with Gasteiger partial charge in [-0.05, 0) is 26.3 Å². The minimum Gasteiger partial charge on any atom is -0.379 e. The summed E-state index contributed by atoms with van der Waals surface area (Å²) in [6.45, 7) is 7.25. The summed E-state index contributed by atoms with van der Waals surface area (Å²) in [7, 11) is 0. The second kappa shape index (κ2) is 10.0. The summed E-state index contributed by atoms with van der Waals surface area (Å²) in [5, 5.41) is 0.270. The van der Waals surface area contributed by atoms with E-state index in [1.165, 1.54) is 21.9 Å². The maximum absolute atomic E-state index is 14.2. The average Bonchev–Trinajstić information content (AvgIpc) is 3.21. The molecule has 3 aromatic rings. The number of hydrogen-bond acceptors (Lipinski definition) is 7. The number of rotatable bonds is 7. The van der Waals surface area contributed by atoms with Crippen molar-refractivity contribution in [1.29, 1.82) is 0 Å². The van der Waals surface area contributed by atoms with E-state index < -0.39 is 11.6 Å². The topological polar surface area (TPSA) is 80.6 Å². The van der Waals surface area contributed by atoms with E-state index in [0.29, 0.717) is 42.1 Å². The number of anilines is 1. The largest absolute Gasteiger partial charge is 0.379 e. The summed E-state index contributed by atoms with van der Waals surface area (Å²) in [6.07, 6.45) is 2.00. The molecule has 0 spiro atoms. The summed E-state index contributed by atoms with van der Waals surface area (Å²) < 4.78 is 34.8. The van der Waals surface area contributed by atoms with E-state index in [-0.39, 0.29) is 28.7 Å². The van der Waals surface area contributed by atoms with Crippen molar-refractivity contribution in [3.05, 3.63) is 51.7 Å². The van der Waals surface area contributed by atoms with Crippen LogP contribution >= 0.6 is 11.3 Å². The monoisotopic (exact) mass is 477 g/mol. The van der Waals surface area contributed by atoms with Gasteiger partial charge in [0.15, 0.2) is 10.9 Å². The van der Waals surface area contributed by atoms with Gasteiger partial charge in [0.25, 0.3) is 5.56 Å². The fourth-order valence-corrected chi connectivity index (χ4v) is 4.73. The summed E-state index contributed by atoms with van der Waals surface area (Å²) in [5.41, 5.74) is 0.811. The Hall–Kier alpha value is -2.76. The molecule has 176 valence electrons. The van der Waals surface area contributed by atoms with Crippen LogP contribution in [-0.2, 0) is 16.1 Å². The third-order valence-corrected chi connectivity index (χ3v) is 6.74. The van der Waals surface area contributed by atoms with Gasteiger partial charge in [-0.1, -0.05) is 11.3 Å².